The van der Waals surface area contributed by atoms with Crippen LogP contribution < -0.4 is 0 Å². The highest BCUT2D eigenvalue weighted by Crippen LogP contribution is 2.36. The zero-order chi connectivity index (χ0) is 19.3. The lowest BCUT2D eigenvalue weighted by atomic mass is 9.98. The zero-order valence-electron chi connectivity index (χ0n) is 16.7. The van der Waals surface area contributed by atoms with Crippen LogP contribution in [-0.2, 0) is 26.6 Å². The normalized spacial score (nSPS) is 17.3. The summed E-state index contributed by atoms with van der Waals surface area (Å²) in [7, 11) is 2.16. The molecular weight excluding hydrogens is 348 g/mol. The summed E-state index contributed by atoms with van der Waals surface area (Å²) in [5.41, 5.74) is 7.37. The third-order valence-electron chi connectivity index (χ3n) is 6.04. The number of imidazole rings is 1. The Bertz CT molecular complexity index is 1130. The fourth-order valence-electron chi connectivity index (χ4n) is 4.49. The van der Waals surface area contributed by atoms with Gasteiger partial charge in [0.1, 0.15) is 0 Å². The van der Waals surface area contributed by atoms with Gasteiger partial charge >= 0.3 is 0 Å². The number of hydrogen-bond acceptors (Lipinski definition) is 3. The molecule has 0 saturated heterocycles. The van der Waals surface area contributed by atoms with Crippen LogP contribution in [0.5, 0.6) is 0 Å². The number of nitrogens with one attached hydrogen (secondary N) is 1. The molecule has 5 rings (SSSR count). The second kappa shape index (κ2) is 6.63. The first kappa shape index (κ1) is 17.3. The molecule has 0 bridgehead atoms. The van der Waals surface area contributed by atoms with Crippen molar-refractivity contribution in [2.24, 2.45) is 7.05 Å². The summed E-state index contributed by atoms with van der Waals surface area (Å²) in [5, 5.41) is 5.92. The molecule has 28 heavy (non-hydrogen) atoms. The molecule has 0 radical (unpaired) electrons. The number of aryl methyl sites for hydroxylation is 3. The van der Waals surface area contributed by atoms with Gasteiger partial charge in [0.25, 0.3) is 0 Å². The molecule has 1 aromatic carbocycles. The van der Waals surface area contributed by atoms with Gasteiger partial charge in [-0.3, -0.25) is 9.58 Å². The second-order valence-corrected chi connectivity index (χ2v) is 7.67. The van der Waals surface area contributed by atoms with Gasteiger partial charge in [-0.05, 0) is 31.4 Å². The summed E-state index contributed by atoms with van der Waals surface area (Å²) in [5.74, 6) is 0. The van der Waals surface area contributed by atoms with Crippen molar-refractivity contribution in [3.8, 4) is 0 Å². The van der Waals surface area contributed by atoms with E-state index in [9.17, 15) is 0 Å². The van der Waals surface area contributed by atoms with Gasteiger partial charge in [-0.2, -0.15) is 5.10 Å². The van der Waals surface area contributed by atoms with Crippen molar-refractivity contribution in [2.45, 2.75) is 39.4 Å². The van der Waals surface area contributed by atoms with Crippen LogP contribution in [0.4, 0.5) is 0 Å². The molecule has 1 aliphatic heterocycles. The number of H-pyrrole nitrogens is 1. The maximum atomic E-state index is 4.73. The molecule has 0 fully saturated rings. The van der Waals surface area contributed by atoms with E-state index in [2.05, 4.69) is 77.0 Å². The summed E-state index contributed by atoms with van der Waals surface area (Å²) in [6.07, 6.45) is 5.02. The van der Waals surface area contributed by atoms with Crippen LogP contribution in [0.25, 0.3) is 10.9 Å². The van der Waals surface area contributed by atoms with Gasteiger partial charge in [-0.1, -0.05) is 18.2 Å². The highest BCUT2D eigenvalue weighted by atomic mass is 15.3. The van der Waals surface area contributed by atoms with Crippen molar-refractivity contribution in [3.63, 3.8) is 0 Å². The molecule has 0 amide bonds. The molecule has 0 unspecified atom stereocenters. The first-order valence-electron chi connectivity index (χ1n) is 9.99. The van der Waals surface area contributed by atoms with Crippen LogP contribution in [0, 0.1) is 6.92 Å². The van der Waals surface area contributed by atoms with E-state index in [4.69, 9.17) is 4.98 Å². The summed E-state index contributed by atoms with van der Waals surface area (Å²) in [6.45, 7) is 7.02. The molecule has 0 spiro atoms. The lowest BCUT2D eigenvalue weighted by Gasteiger charge is -2.35. The fraction of sp³-hybridized carbons (Fsp3) is 0.364. The number of fused-ring (bicyclic) bond motifs is 2. The molecule has 0 aliphatic carbocycles. The van der Waals surface area contributed by atoms with Crippen LogP contribution in [-0.4, -0.2) is 35.8 Å². The van der Waals surface area contributed by atoms with E-state index in [1.165, 1.54) is 27.9 Å². The Morgan fingerprint density at radius 3 is 2.89 bits per heavy atom. The van der Waals surface area contributed by atoms with Gasteiger partial charge in [0.2, 0.25) is 0 Å². The summed E-state index contributed by atoms with van der Waals surface area (Å²) >= 11 is 0. The first-order chi connectivity index (χ1) is 13.7. The van der Waals surface area contributed by atoms with Crippen molar-refractivity contribution in [2.75, 3.05) is 6.54 Å². The first-order valence-corrected chi connectivity index (χ1v) is 9.99. The molecule has 1 aliphatic rings. The number of aromatic amines is 1. The summed E-state index contributed by atoms with van der Waals surface area (Å²) in [4.78, 5) is 10.6. The predicted molar refractivity (Wildman–Crippen MR) is 110 cm³/mol. The number of hydrogen-bond donors (Lipinski definition) is 1. The quantitative estimate of drug-likeness (QED) is 0.594. The van der Waals surface area contributed by atoms with E-state index in [1.807, 2.05) is 11.0 Å². The van der Waals surface area contributed by atoms with Crippen LogP contribution in [0.15, 0.2) is 42.9 Å². The van der Waals surface area contributed by atoms with E-state index in [-0.39, 0.29) is 6.04 Å². The minimum atomic E-state index is 0.136. The molecule has 1 N–H and O–H groups in total. The van der Waals surface area contributed by atoms with Gasteiger partial charge in [-0.25, -0.2) is 4.98 Å². The van der Waals surface area contributed by atoms with Gasteiger partial charge in [0.05, 0.1) is 23.8 Å². The van der Waals surface area contributed by atoms with E-state index in [1.54, 1.807) is 0 Å². The third-order valence-corrected chi connectivity index (χ3v) is 6.04. The highest BCUT2D eigenvalue weighted by Gasteiger charge is 2.33. The van der Waals surface area contributed by atoms with E-state index >= 15 is 0 Å². The van der Waals surface area contributed by atoms with Crippen molar-refractivity contribution in [3.05, 3.63) is 71.2 Å². The van der Waals surface area contributed by atoms with Gasteiger partial charge in [0.15, 0.2) is 0 Å². The Morgan fingerprint density at radius 1 is 1.25 bits per heavy atom. The van der Waals surface area contributed by atoms with Crippen molar-refractivity contribution >= 4 is 10.9 Å². The smallest absolute Gasteiger partial charge is 0.0951 e. The molecule has 144 valence electrons. The Hall–Kier alpha value is -2.86. The maximum absolute atomic E-state index is 4.73. The second-order valence-electron chi connectivity index (χ2n) is 7.67. The molecule has 4 aromatic rings. The van der Waals surface area contributed by atoms with Crippen LogP contribution >= 0.6 is 0 Å². The van der Waals surface area contributed by atoms with Crippen molar-refractivity contribution in [1.82, 2.24) is 29.2 Å². The molecule has 0 saturated carbocycles. The Kier molecular flexibility index (Phi) is 4.09. The average Bonchev–Trinajstić information content (AvgIpc) is 3.40. The topological polar surface area (TPSA) is 54.7 Å². The SMILES string of the molecule is CCn1cc(CN2CCc3[nH]cnc3[C@H]2c2cc3ccccc3n2C)c(C)n1. The Balaban J connectivity index is 1.60. The predicted octanol–water partition coefficient (Wildman–Crippen LogP) is 3.57. The minimum absolute atomic E-state index is 0.136. The molecule has 6 nitrogen and oxygen atoms in total. The van der Waals surface area contributed by atoms with Crippen LogP contribution in [0.3, 0.4) is 0 Å². The Labute approximate surface area is 164 Å². The number of rotatable bonds is 4. The number of para-hydroxylation sites is 1. The molecule has 4 heterocycles. The standard InChI is InChI=1S/C22H26N6/c1-4-28-13-17(15(2)25-28)12-27-10-9-18-21(24-14-23-18)22(27)20-11-16-7-5-6-8-19(16)26(20)3/h5-8,11,13-14,22H,4,9-10,12H2,1-3H3,(H,23,24)/t22-/m1/s1. The Morgan fingerprint density at radius 2 is 2.11 bits per heavy atom. The summed E-state index contributed by atoms with van der Waals surface area (Å²) < 4.78 is 4.35. The van der Waals surface area contributed by atoms with E-state index in [0.717, 1.165) is 37.4 Å². The maximum Gasteiger partial charge on any atom is 0.0951 e. The largest absolute Gasteiger partial charge is 0.348 e. The van der Waals surface area contributed by atoms with Crippen LogP contribution in [0.1, 0.15) is 41.3 Å². The zero-order valence-corrected chi connectivity index (χ0v) is 16.7. The molecular formula is C22H26N6. The number of benzene rings is 1. The summed E-state index contributed by atoms with van der Waals surface area (Å²) in [6, 6.07) is 11.0. The lowest BCUT2D eigenvalue weighted by Crippen LogP contribution is -2.36. The lowest BCUT2D eigenvalue weighted by molar-refractivity contribution is 0.194. The van der Waals surface area contributed by atoms with Crippen molar-refractivity contribution in [1.29, 1.82) is 0 Å². The van der Waals surface area contributed by atoms with Gasteiger partial charge < -0.3 is 9.55 Å². The monoisotopic (exact) mass is 374 g/mol. The molecule has 1 atom stereocenters. The number of nitrogens with zero attached hydrogens (tertiary/aromatic N) is 5. The van der Waals surface area contributed by atoms with Crippen LogP contribution in [0.2, 0.25) is 0 Å². The van der Waals surface area contributed by atoms with Gasteiger partial charge in [-0.15, -0.1) is 0 Å². The van der Waals surface area contributed by atoms with Crippen molar-refractivity contribution < 1.29 is 0 Å². The number of aromatic nitrogens is 5. The van der Waals surface area contributed by atoms with E-state index in [0.29, 0.717) is 0 Å². The minimum Gasteiger partial charge on any atom is -0.348 e. The highest BCUT2D eigenvalue weighted by molar-refractivity contribution is 5.81. The fourth-order valence-corrected chi connectivity index (χ4v) is 4.49. The third kappa shape index (κ3) is 2.67. The molecule has 3 aromatic heterocycles. The van der Waals surface area contributed by atoms with Gasteiger partial charge in [0, 0.05) is 61.8 Å². The average molecular weight is 374 g/mol. The van der Waals surface area contributed by atoms with E-state index < -0.39 is 0 Å². The molecule has 6 heteroatoms.